The van der Waals surface area contributed by atoms with Gasteiger partial charge in [-0.15, -0.1) is 0 Å². The van der Waals surface area contributed by atoms with Gasteiger partial charge in [-0.3, -0.25) is 14.5 Å². The summed E-state index contributed by atoms with van der Waals surface area (Å²) in [7, 11) is 4.18. The number of aryl methyl sites for hydroxylation is 1. The highest BCUT2D eigenvalue weighted by Crippen LogP contribution is 2.11. The molecule has 1 aliphatic heterocycles. The fraction of sp³-hybridized carbons (Fsp3) is 0.579. The summed E-state index contributed by atoms with van der Waals surface area (Å²) in [5.41, 5.74) is 1.97. The maximum Gasteiger partial charge on any atom is 0.224 e. The minimum Gasteiger partial charge on any atom is -0.354 e. The number of carbonyl (C=O) groups is 2. The molecule has 0 bridgehead atoms. The molecule has 0 saturated carbocycles. The second kappa shape index (κ2) is 9.53. The van der Waals surface area contributed by atoms with Gasteiger partial charge in [-0.1, -0.05) is 19.1 Å². The molecule has 1 aliphatic rings. The third-order valence-corrected chi connectivity index (χ3v) is 4.71. The van der Waals surface area contributed by atoms with Gasteiger partial charge in [0.2, 0.25) is 11.8 Å². The predicted octanol–water partition coefficient (Wildman–Crippen LogP) is 1.33. The Kier molecular flexibility index (Phi) is 7.40. The summed E-state index contributed by atoms with van der Waals surface area (Å²) in [5, 5.41) is 5.81. The van der Waals surface area contributed by atoms with Crippen LogP contribution in [0.2, 0.25) is 0 Å². The molecular formula is C19H30N4O2. The van der Waals surface area contributed by atoms with Gasteiger partial charge >= 0.3 is 0 Å². The van der Waals surface area contributed by atoms with E-state index in [1.54, 1.807) is 0 Å². The van der Waals surface area contributed by atoms with Gasteiger partial charge in [0.1, 0.15) is 0 Å². The fourth-order valence-corrected chi connectivity index (χ4v) is 2.96. The highest BCUT2D eigenvalue weighted by molar-refractivity contribution is 5.93. The summed E-state index contributed by atoms with van der Waals surface area (Å²) in [6, 6.07) is 8.12. The molecule has 6 heteroatoms. The summed E-state index contributed by atoms with van der Waals surface area (Å²) in [6.45, 7) is 5.72. The van der Waals surface area contributed by atoms with E-state index in [9.17, 15) is 9.59 Å². The standard InChI is InChI=1S/C19H30N4O2/c1-4-15-6-5-7-16(12-15)21-19(25)9-8-18(24)20-13-17-14-22(2)10-11-23(17)3/h5-7,12,17H,4,8-11,13-14H2,1-3H3,(H,20,24)(H,21,25). The van der Waals surface area contributed by atoms with Crippen LogP contribution >= 0.6 is 0 Å². The smallest absolute Gasteiger partial charge is 0.224 e. The monoisotopic (exact) mass is 346 g/mol. The van der Waals surface area contributed by atoms with Crippen molar-refractivity contribution in [1.82, 2.24) is 15.1 Å². The third kappa shape index (κ3) is 6.48. The zero-order valence-corrected chi connectivity index (χ0v) is 15.5. The van der Waals surface area contributed by atoms with Gasteiger partial charge in [-0.2, -0.15) is 0 Å². The Bertz CT molecular complexity index is 591. The highest BCUT2D eigenvalue weighted by Gasteiger charge is 2.22. The minimum atomic E-state index is -0.127. The number of hydrogen-bond donors (Lipinski definition) is 2. The Labute approximate surface area is 150 Å². The second-order valence-corrected chi connectivity index (χ2v) is 6.80. The summed E-state index contributed by atoms with van der Waals surface area (Å²) in [4.78, 5) is 28.6. The van der Waals surface area contributed by atoms with E-state index in [4.69, 9.17) is 0 Å². The normalized spacial score (nSPS) is 18.8. The SMILES string of the molecule is CCc1cccc(NC(=O)CCC(=O)NCC2CN(C)CCN2C)c1. The van der Waals surface area contributed by atoms with Crippen LogP contribution in [0.1, 0.15) is 25.3 Å². The second-order valence-electron chi connectivity index (χ2n) is 6.80. The number of carbonyl (C=O) groups excluding carboxylic acids is 2. The number of anilines is 1. The Morgan fingerprint density at radius 2 is 1.92 bits per heavy atom. The Morgan fingerprint density at radius 1 is 1.16 bits per heavy atom. The van der Waals surface area contributed by atoms with Gasteiger partial charge in [0.25, 0.3) is 0 Å². The Balaban J connectivity index is 1.69. The molecule has 25 heavy (non-hydrogen) atoms. The average molecular weight is 346 g/mol. The molecule has 0 radical (unpaired) electrons. The van der Waals surface area contributed by atoms with Crippen molar-refractivity contribution in [2.24, 2.45) is 0 Å². The average Bonchev–Trinajstić information content (AvgIpc) is 2.61. The molecule has 138 valence electrons. The van der Waals surface area contributed by atoms with Crippen molar-refractivity contribution >= 4 is 17.5 Å². The van der Waals surface area contributed by atoms with E-state index in [2.05, 4.69) is 41.5 Å². The van der Waals surface area contributed by atoms with Crippen LogP contribution in [0.5, 0.6) is 0 Å². The van der Waals surface area contributed by atoms with Crippen molar-refractivity contribution in [3.8, 4) is 0 Å². The molecule has 2 N–H and O–H groups in total. The molecule has 2 amide bonds. The van der Waals surface area contributed by atoms with Crippen LogP contribution in [0.4, 0.5) is 5.69 Å². The summed E-state index contributed by atoms with van der Waals surface area (Å²) in [5.74, 6) is -0.197. The third-order valence-electron chi connectivity index (χ3n) is 4.71. The summed E-state index contributed by atoms with van der Waals surface area (Å²) in [6.07, 6.45) is 1.34. The van der Waals surface area contributed by atoms with Crippen LogP contribution in [0.15, 0.2) is 24.3 Å². The van der Waals surface area contributed by atoms with Crippen LogP contribution < -0.4 is 10.6 Å². The van der Waals surface area contributed by atoms with E-state index >= 15 is 0 Å². The van der Waals surface area contributed by atoms with Crippen LogP contribution in [0.25, 0.3) is 0 Å². The Morgan fingerprint density at radius 3 is 2.68 bits per heavy atom. The number of piperazine rings is 1. The number of amides is 2. The number of nitrogens with one attached hydrogen (secondary N) is 2. The number of benzene rings is 1. The number of nitrogens with zero attached hydrogens (tertiary/aromatic N) is 2. The van der Waals surface area contributed by atoms with Crippen molar-refractivity contribution in [1.29, 1.82) is 0 Å². The highest BCUT2D eigenvalue weighted by atomic mass is 16.2. The van der Waals surface area contributed by atoms with Crippen LogP contribution in [0.3, 0.4) is 0 Å². The van der Waals surface area contributed by atoms with Gasteiger partial charge in [0.05, 0.1) is 0 Å². The lowest BCUT2D eigenvalue weighted by Gasteiger charge is -2.37. The van der Waals surface area contributed by atoms with Crippen molar-refractivity contribution in [3.05, 3.63) is 29.8 Å². The van der Waals surface area contributed by atoms with Crippen LogP contribution in [-0.4, -0.2) is 67.9 Å². The topological polar surface area (TPSA) is 64.7 Å². The fourth-order valence-electron chi connectivity index (χ4n) is 2.96. The largest absolute Gasteiger partial charge is 0.354 e. The Hall–Kier alpha value is -1.92. The lowest BCUT2D eigenvalue weighted by molar-refractivity contribution is -0.124. The minimum absolute atomic E-state index is 0.0703. The summed E-state index contributed by atoms with van der Waals surface area (Å²) >= 11 is 0. The molecule has 1 aromatic rings. The lowest BCUT2D eigenvalue weighted by atomic mass is 10.1. The first-order valence-electron chi connectivity index (χ1n) is 9.02. The van der Waals surface area contributed by atoms with Crippen molar-refractivity contribution in [2.75, 3.05) is 45.6 Å². The van der Waals surface area contributed by atoms with Crippen molar-refractivity contribution < 1.29 is 9.59 Å². The van der Waals surface area contributed by atoms with Crippen molar-refractivity contribution in [2.45, 2.75) is 32.2 Å². The molecule has 0 aromatic heterocycles. The predicted molar refractivity (Wildman–Crippen MR) is 101 cm³/mol. The van der Waals surface area contributed by atoms with E-state index in [-0.39, 0.29) is 24.7 Å². The van der Waals surface area contributed by atoms with E-state index in [1.165, 1.54) is 5.56 Å². The zero-order chi connectivity index (χ0) is 18.2. The molecule has 0 spiro atoms. The molecule has 1 heterocycles. The first kappa shape index (κ1) is 19.4. The van der Waals surface area contributed by atoms with E-state index in [0.717, 1.165) is 31.7 Å². The van der Waals surface area contributed by atoms with Gasteiger partial charge in [-0.05, 0) is 38.2 Å². The number of hydrogen-bond acceptors (Lipinski definition) is 4. The zero-order valence-electron chi connectivity index (χ0n) is 15.5. The van der Waals surface area contributed by atoms with Gasteiger partial charge in [0, 0.05) is 50.7 Å². The number of rotatable bonds is 7. The van der Waals surface area contributed by atoms with Crippen molar-refractivity contribution in [3.63, 3.8) is 0 Å². The number of likely N-dealkylation sites (N-methyl/N-ethyl adjacent to an activating group) is 2. The van der Waals surface area contributed by atoms with Gasteiger partial charge < -0.3 is 15.5 Å². The van der Waals surface area contributed by atoms with E-state index in [1.807, 2.05) is 24.3 Å². The molecule has 1 unspecified atom stereocenters. The quantitative estimate of drug-likeness (QED) is 0.782. The van der Waals surface area contributed by atoms with Gasteiger partial charge in [-0.25, -0.2) is 0 Å². The van der Waals surface area contributed by atoms with Crippen LogP contribution in [-0.2, 0) is 16.0 Å². The van der Waals surface area contributed by atoms with Gasteiger partial charge in [0.15, 0.2) is 0 Å². The maximum absolute atomic E-state index is 12.0. The van der Waals surface area contributed by atoms with E-state index in [0.29, 0.717) is 12.6 Å². The molecular weight excluding hydrogens is 316 g/mol. The van der Waals surface area contributed by atoms with Crippen LogP contribution in [0, 0.1) is 0 Å². The first-order valence-corrected chi connectivity index (χ1v) is 9.02. The molecule has 6 nitrogen and oxygen atoms in total. The molecule has 2 rings (SSSR count). The molecule has 1 saturated heterocycles. The molecule has 0 aliphatic carbocycles. The molecule has 1 fully saturated rings. The summed E-state index contributed by atoms with van der Waals surface area (Å²) < 4.78 is 0. The maximum atomic E-state index is 12.0. The molecule has 1 atom stereocenters. The lowest BCUT2D eigenvalue weighted by Crippen LogP contribution is -2.54. The van der Waals surface area contributed by atoms with E-state index < -0.39 is 0 Å². The molecule has 1 aromatic carbocycles. The first-order chi connectivity index (χ1) is 12.0.